The van der Waals surface area contributed by atoms with Gasteiger partial charge in [0.15, 0.2) is 0 Å². The Balaban J connectivity index is 2.62. The fourth-order valence-corrected chi connectivity index (χ4v) is 3.99. The molecule has 1 atom stereocenters. The van der Waals surface area contributed by atoms with Gasteiger partial charge in [-0.3, -0.25) is 4.79 Å². The van der Waals surface area contributed by atoms with Gasteiger partial charge in [0.2, 0.25) is 10.0 Å². The van der Waals surface area contributed by atoms with Crippen molar-refractivity contribution in [2.24, 2.45) is 7.05 Å². The number of pyridine rings is 1. The summed E-state index contributed by atoms with van der Waals surface area (Å²) < 4.78 is 67.4. The van der Waals surface area contributed by atoms with Gasteiger partial charge in [-0.15, -0.1) is 0 Å². The van der Waals surface area contributed by atoms with Crippen LogP contribution in [-0.2, 0) is 17.1 Å². The van der Waals surface area contributed by atoms with Crippen LogP contribution in [0.4, 0.5) is 13.2 Å². The maximum Gasteiger partial charge on any atom is 0.409 e. The van der Waals surface area contributed by atoms with Crippen LogP contribution >= 0.6 is 11.6 Å². The van der Waals surface area contributed by atoms with Gasteiger partial charge in [0.1, 0.15) is 22.6 Å². The van der Waals surface area contributed by atoms with Crippen molar-refractivity contribution in [1.29, 1.82) is 5.26 Å². The monoisotopic (exact) mass is 419 g/mol. The van der Waals surface area contributed by atoms with Crippen molar-refractivity contribution in [3.63, 3.8) is 0 Å². The second-order valence-electron chi connectivity index (χ2n) is 5.63. The Morgan fingerprint density at radius 2 is 1.81 bits per heavy atom. The molecule has 1 aromatic carbocycles. The lowest BCUT2D eigenvalue weighted by molar-refractivity contribution is -0.171. The van der Waals surface area contributed by atoms with Crippen LogP contribution < -0.4 is 5.56 Å². The summed E-state index contributed by atoms with van der Waals surface area (Å²) in [6.07, 6.45) is -4.06. The van der Waals surface area contributed by atoms with Gasteiger partial charge in [-0.1, -0.05) is 23.7 Å². The van der Waals surface area contributed by atoms with Crippen molar-refractivity contribution < 1.29 is 21.6 Å². The van der Waals surface area contributed by atoms with E-state index in [1.54, 1.807) is 0 Å². The van der Waals surface area contributed by atoms with Crippen LogP contribution in [0.2, 0.25) is 5.02 Å². The summed E-state index contributed by atoms with van der Waals surface area (Å²) in [5.74, 6) is 0. The first-order valence-corrected chi connectivity index (χ1v) is 9.12. The largest absolute Gasteiger partial charge is 0.409 e. The van der Waals surface area contributed by atoms with E-state index < -0.39 is 38.3 Å². The number of rotatable bonds is 4. The molecular formula is C16H13ClF3N3O3S. The highest BCUT2D eigenvalue weighted by atomic mass is 35.5. The highest BCUT2D eigenvalue weighted by Gasteiger charge is 2.47. The minimum absolute atomic E-state index is 0.150. The van der Waals surface area contributed by atoms with Gasteiger partial charge in [0.05, 0.1) is 0 Å². The molecule has 1 aromatic heterocycles. The zero-order valence-electron chi connectivity index (χ0n) is 14.0. The number of sulfonamides is 1. The first-order chi connectivity index (χ1) is 12.4. The third-order valence-corrected chi connectivity index (χ3v) is 5.86. The zero-order chi connectivity index (χ0) is 20.6. The van der Waals surface area contributed by atoms with Gasteiger partial charge >= 0.3 is 6.18 Å². The number of aromatic nitrogens is 1. The van der Waals surface area contributed by atoms with E-state index in [2.05, 4.69) is 0 Å². The van der Waals surface area contributed by atoms with Crippen LogP contribution in [0.15, 0.2) is 46.2 Å². The van der Waals surface area contributed by atoms with E-state index in [9.17, 15) is 26.4 Å². The van der Waals surface area contributed by atoms with Crippen molar-refractivity contribution in [2.75, 3.05) is 7.05 Å². The predicted octanol–water partition coefficient (Wildman–Crippen LogP) is 2.83. The summed E-state index contributed by atoms with van der Waals surface area (Å²) in [6.45, 7) is 0. The van der Waals surface area contributed by atoms with Crippen LogP contribution in [0.3, 0.4) is 0 Å². The molecule has 0 radical (unpaired) electrons. The molecular weight excluding hydrogens is 407 g/mol. The second-order valence-corrected chi connectivity index (χ2v) is 8.07. The third kappa shape index (κ3) is 4.16. The van der Waals surface area contributed by atoms with Crippen LogP contribution in [0.5, 0.6) is 0 Å². The molecule has 0 aliphatic carbocycles. The van der Waals surface area contributed by atoms with Crippen LogP contribution in [0.25, 0.3) is 0 Å². The SMILES string of the molecule is CN([C@H](c1ccc(Cl)cc1)C(F)(F)F)S(=O)(=O)c1cc(C#N)c(=O)n(C)c1. The third-order valence-electron chi connectivity index (χ3n) is 3.82. The number of aryl methyl sites for hydroxylation is 1. The van der Waals surface area contributed by atoms with Gasteiger partial charge in [0, 0.05) is 25.3 Å². The molecule has 144 valence electrons. The normalized spacial score (nSPS) is 13.4. The van der Waals surface area contributed by atoms with Gasteiger partial charge in [0.25, 0.3) is 5.56 Å². The maximum atomic E-state index is 13.6. The fourth-order valence-electron chi connectivity index (χ4n) is 2.46. The van der Waals surface area contributed by atoms with Crippen LogP contribution in [0, 0.1) is 11.3 Å². The molecule has 0 saturated heterocycles. The first kappa shape index (κ1) is 21.0. The summed E-state index contributed by atoms with van der Waals surface area (Å²) in [4.78, 5) is 11.1. The van der Waals surface area contributed by atoms with E-state index in [4.69, 9.17) is 16.9 Å². The van der Waals surface area contributed by atoms with E-state index in [0.717, 1.165) is 36.0 Å². The van der Waals surface area contributed by atoms with Gasteiger partial charge in [-0.25, -0.2) is 8.42 Å². The molecule has 0 saturated carbocycles. The molecule has 0 bridgehead atoms. The summed E-state index contributed by atoms with van der Waals surface area (Å²) in [6, 6.07) is 4.39. The van der Waals surface area contributed by atoms with Crippen molar-refractivity contribution >= 4 is 21.6 Å². The summed E-state index contributed by atoms with van der Waals surface area (Å²) in [7, 11) is -2.71. The molecule has 2 rings (SSSR count). The van der Waals surface area contributed by atoms with E-state index in [0.29, 0.717) is 0 Å². The quantitative estimate of drug-likeness (QED) is 0.763. The molecule has 0 amide bonds. The number of nitriles is 1. The number of halogens is 4. The number of hydrogen-bond acceptors (Lipinski definition) is 4. The van der Waals surface area contributed by atoms with E-state index in [-0.39, 0.29) is 14.9 Å². The summed E-state index contributed by atoms with van der Waals surface area (Å²) >= 11 is 5.69. The Morgan fingerprint density at radius 1 is 1.26 bits per heavy atom. The second kappa shape index (κ2) is 7.34. The molecule has 11 heteroatoms. The summed E-state index contributed by atoms with van der Waals surface area (Å²) in [5, 5.41) is 9.15. The zero-order valence-corrected chi connectivity index (χ0v) is 15.6. The molecule has 6 nitrogen and oxygen atoms in total. The topological polar surface area (TPSA) is 83.2 Å². The average molecular weight is 420 g/mol. The lowest BCUT2D eigenvalue weighted by atomic mass is 10.1. The Kier molecular flexibility index (Phi) is 5.70. The first-order valence-electron chi connectivity index (χ1n) is 7.30. The maximum absolute atomic E-state index is 13.6. The van der Waals surface area contributed by atoms with E-state index in [1.807, 2.05) is 0 Å². The van der Waals surface area contributed by atoms with Crippen molar-refractivity contribution in [1.82, 2.24) is 8.87 Å². The van der Waals surface area contributed by atoms with Crippen LogP contribution in [-0.4, -0.2) is 30.5 Å². The van der Waals surface area contributed by atoms with Gasteiger partial charge in [-0.05, 0) is 23.8 Å². The molecule has 0 spiro atoms. The average Bonchev–Trinajstić information content (AvgIpc) is 2.57. The molecule has 0 aliphatic rings. The smallest absolute Gasteiger partial charge is 0.316 e. The Morgan fingerprint density at radius 3 is 2.30 bits per heavy atom. The minimum Gasteiger partial charge on any atom is -0.316 e. The molecule has 1 heterocycles. The highest BCUT2D eigenvalue weighted by Crippen LogP contribution is 2.39. The number of nitrogens with zero attached hydrogens (tertiary/aromatic N) is 3. The number of alkyl halides is 3. The number of hydrogen-bond donors (Lipinski definition) is 0. The van der Waals surface area contributed by atoms with Gasteiger partial charge < -0.3 is 4.57 Å². The lowest BCUT2D eigenvalue weighted by Crippen LogP contribution is -2.40. The van der Waals surface area contributed by atoms with Crippen molar-refractivity contribution in [3.05, 3.63) is 63.0 Å². The molecule has 0 N–H and O–H groups in total. The Hall–Kier alpha value is -2.35. The summed E-state index contributed by atoms with van der Waals surface area (Å²) in [5.41, 5.74) is -1.59. The number of benzene rings is 1. The Bertz CT molecular complexity index is 1060. The van der Waals surface area contributed by atoms with Gasteiger partial charge in [-0.2, -0.15) is 22.7 Å². The molecule has 2 aromatic rings. The Labute approximate surface area is 158 Å². The molecule has 0 aliphatic heterocycles. The minimum atomic E-state index is -4.92. The van der Waals surface area contributed by atoms with E-state index in [1.165, 1.54) is 25.2 Å². The predicted molar refractivity (Wildman–Crippen MR) is 91.6 cm³/mol. The van der Waals surface area contributed by atoms with E-state index >= 15 is 0 Å². The fraction of sp³-hybridized carbons (Fsp3) is 0.250. The standard InChI is InChI=1S/C16H13ClF3N3O3S/c1-22-9-13(7-11(8-21)15(22)24)27(25,26)23(2)14(16(18,19)20)10-3-5-12(17)6-4-10/h3-7,9,14H,1-2H3/t14-/m1/s1. The molecule has 27 heavy (non-hydrogen) atoms. The highest BCUT2D eigenvalue weighted by molar-refractivity contribution is 7.89. The molecule has 0 fully saturated rings. The lowest BCUT2D eigenvalue weighted by Gasteiger charge is -2.29. The van der Waals surface area contributed by atoms with Crippen molar-refractivity contribution in [3.8, 4) is 6.07 Å². The molecule has 0 unspecified atom stereocenters. The van der Waals surface area contributed by atoms with Crippen LogP contribution in [0.1, 0.15) is 17.2 Å². The van der Waals surface area contributed by atoms with Crippen molar-refractivity contribution in [2.45, 2.75) is 17.1 Å².